The Hall–Kier alpha value is -4.99. The molecule has 0 saturated heterocycles. The molecule has 0 N–H and O–H groups in total. The van der Waals surface area contributed by atoms with Gasteiger partial charge in [-0.1, -0.05) is 97.1 Å². The molecule has 0 fully saturated rings. The summed E-state index contributed by atoms with van der Waals surface area (Å²) < 4.78 is 5.07. The van der Waals surface area contributed by atoms with Crippen LogP contribution in [0.5, 0.6) is 0 Å². The Balaban J connectivity index is 1.33. The second-order valence-electron chi connectivity index (χ2n) is 10.4. The summed E-state index contributed by atoms with van der Waals surface area (Å²) >= 11 is 1.87. The molecule has 41 heavy (non-hydrogen) atoms. The van der Waals surface area contributed by atoms with Gasteiger partial charge in [0.25, 0.3) is 0 Å². The van der Waals surface area contributed by atoms with Gasteiger partial charge in [-0.2, -0.15) is 0 Å². The monoisotopic (exact) mass is 542 g/mol. The number of hydrogen-bond donors (Lipinski definition) is 0. The van der Waals surface area contributed by atoms with Gasteiger partial charge in [-0.05, 0) is 64.7 Å². The number of rotatable bonds is 5. The van der Waals surface area contributed by atoms with E-state index in [1.165, 1.54) is 58.7 Å². The summed E-state index contributed by atoms with van der Waals surface area (Å²) in [6, 6.07) is 50.1. The highest BCUT2D eigenvalue weighted by atomic mass is 32.1. The van der Waals surface area contributed by atoms with Gasteiger partial charge in [-0.25, -0.2) is 0 Å². The zero-order chi connectivity index (χ0) is 27.2. The summed E-state index contributed by atoms with van der Waals surface area (Å²) in [6.07, 6.45) is 1.99. The lowest BCUT2D eigenvalue weighted by Gasteiger charge is -2.09. The summed E-state index contributed by atoms with van der Waals surface area (Å²) in [6.45, 7) is 0.673. The maximum absolute atomic E-state index is 4.74. The molecule has 0 atom stereocenters. The average Bonchev–Trinajstić information content (AvgIpc) is 3.55. The van der Waals surface area contributed by atoms with Gasteiger partial charge in [0.05, 0.1) is 17.6 Å². The van der Waals surface area contributed by atoms with Crippen molar-refractivity contribution in [1.82, 2.24) is 4.57 Å². The van der Waals surface area contributed by atoms with Crippen LogP contribution in [0, 0.1) is 0 Å². The van der Waals surface area contributed by atoms with Gasteiger partial charge in [-0.3, -0.25) is 4.99 Å². The second-order valence-corrected chi connectivity index (χ2v) is 11.5. The normalized spacial score (nSPS) is 11.9. The van der Waals surface area contributed by atoms with Crippen LogP contribution in [-0.2, 0) is 6.54 Å². The van der Waals surface area contributed by atoms with Crippen LogP contribution in [-0.4, -0.2) is 10.8 Å². The lowest BCUT2D eigenvalue weighted by molar-refractivity contribution is 1.08. The van der Waals surface area contributed by atoms with E-state index in [-0.39, 0.29) is 0 Å². The van der Waals surface area contributed by atoms with Crippen molar-refractivity contribution in [3.05, 3.63) is 151 Å². The van der Waals surface area contributed by atoms with Gasteiger partial charge in [0, 0.05) is 42.8 Å². The number of benzene rings is 6. The summed E-state index contributed by atoms with van der Waals surface area (Å²) in [5, 5.41) is 5.17. The van der Waals surface area contributed by atoms with Crippen LogP contribution in [0.1, 0.15) is 11.1 Å². The topological polar surface area (TPSA) is 17.3 Å². The molecule has 0 radical (unpaired) electrons. The van der Waals surface area contributed by atoms with E-state index in [2.05, 4.69) is 138 Å². The second kappa shape index (κ2) is 9.88. The van der Waals surface area contributed by atoms with Crippen LogP contribution in [0.25, 0.3) is 58.8 Å². The number of aromatic nitrogens is 1. The van der Waals surface area contributed by atoms with E-state index < -0.39 is 0 Å². The standard InChI is InChI=1S/C38H26N2S/c1-3-10-26(11-4-1)24-39-25-27-12-9-15-30(20-27)40-35-19-18-29(28-13-5-2-6-14-28)21-32(35)33-23-38-34(22-36(33)40)31-16-7-8-17-37(31)41-38/h1-23,25H,24H2. The quantitative estimate of drug-likeness (QED) is 0.193. The van der Waals surface area contributed by atoms with Crippen molar-refractivity contribution in [3.8, 4) is 16.8 Å². The Morgan fingerprint density at radius 3 is 2.20 bits per heavy atom. The van der Waals surface area contributed by atoms with Crippen molar-refractivity contribution >= 4 is 59.5 Å². The van der Waals surface area contributed by atoms with E-state index in [0.717, 1.165) is 11.3 Å². The first-order valence-electron chi connectivity index (χ1n) is 13.9. The van der Waals surface area contributed by atoms with Crippen molar-refractivity contribution < 1.29 is 0 Å². The van der Waals surface area contributed by atoms with Gasteiger partial charge < -0.3 is 4.57 Å². The molecule has 0 aliphatic rings. The maximum Gasteiger partial charge on any atom is 0.0639 e. The molecule has 0 aliphatic heterocycles. The third kappa shape index (κ3) is 4.23. The van der Waals surface area contributed by atoms with Gasteiger partial charge in [0.2, 0.25) is 0 Å². The summed E-state index contributed by atoms with van der Waals surface area (Å²) in [5.41, 5.74) is 8.34. The van der Waals surface area contributed by atoms with Crippen molar-refractivity contribution in [2.75, 3.05) is 0 Å². The molecule has 0 aliphatic carbocycles. The molecule has 2 aromatic heterocycles. The number of aliphatic imine (C=N–C) groups is 1. The fourth-order valence-corrected chi connectivity index (χ4v) is 7.04. The van der Waals surface area contributed by atoms with E-state index in [0.29, 0.717) is 6.54 Å². The Bertz CT molecular complexity index is 2220. The molecule has 2 nitrogen and oxygen atoms in total. The van der Waals surface area contributed by atoms with E-state index in [4.69, 9.17) is 4.99 Å². The molecule has 3 heteroatoms. The van der Waals surface area contributed by atoms with Crippen LogP contribution >= 0.6 is 11.3 Å². The van der Waals surface area contributed by atoms with E-state index in [9.17, 15) is 0 Å². The Morgan fingerprint density at radius 1 is 0.537 bits per heavy atom. The molecule has 0 bridgehead atoms. The molecule has 0 unspecified atom stereocenters. The number of hydrogen-bond acceptors (Lipinski definition) is 2. The maximum atomic E-state index is 4.74. The summed E-state index contributed by atoms with van der Waals surface area (Å²) in [7, 11) is 0. The highest BCUT2D eigenvalue weighted by Gasteiger charge is 2.16. The first kappa shape index (κ1) is 23.9. The van der Waals surface area contributed by atoms with Crippen LogP contribution in [0.2, 0.25) is 0 Å². The minimum absolute atomic E-state index is 0.673. The molecule has 0 saturated carbocycles. The predicted octanol–water partition coefficient (Wildman–Crippen LogP) is 10.4. The summed E-state index contributed by atoms with van der Waals surface area (Å²) in [5.74, 6) is 0. The Kier molecular flexibility index (Phi) is 5.75. The van der Waals surface area contributed by atoms with Crippen molar-refractivity contribution in [2.24, 2.45) is 4.99 Å². The fourth-order valence-electron chi connectivity index (χ4n) is 5.91. The molecule has 0 amide bonds. The number of nitrogens with zero attached hydrogens (tertiary/aromatic N) is 2. The molecule has 8 rings (SSSR count). The largest absolute Gasteiger partial charge is 0.309 e. The fraction of sp³-hybridized carbons (Fsp3) is 0.0263. The highest BCUT2D eigenvalue weighted by Crippen LogP contribution is 2.41. The molecule has 194 valence electrons. The van der Waals surface area contributed by atoms with Gasteiger partial charge >= 0.3 is 0 Å². The minimum Gasteiger partial charge on any atom is -0.309 e. The van der Waals surface area contributed by atoms with Crippen LogP contribution in [0.15, 0.2) is 145 Å². The van der Waals surface area contributed by atoms with E-state index in [1.54, 1.807) is 0 Å². The lowest BCUT2D eigenvalue weighted by atomic mass is 10.0. The van der Waals surface area contributed by atoms with Crippen molar-refractivity contribution in [3.63, 3.8) is 0 Å². The van der Waals surface area contributed by atoms with Crippen molar-refractivity contribution in [1.29, 1.82) is 0 Å². The van der Waals surface area contributed by atoms with E-state index in [1.807, 2.05) is 23.6 Å². The zero-order valence-electron chi connectivity index (χ0n) is 22.4. The molecular weight excluding hydrogens is 516 g/mol. The van der Waals surface area contributed by atoms with Crippen molar-refractivity contribution in [2.45, 2.75) is 6.54 Å². The lowest BCUT2D eigenvalue weighted by Crippen LogP contribution is -1.95. The van der Waals surface area contributed by atoms with Crippen LogP contribution < -0.4 is 0 Å². The summed E-state index contributed by atoms with van der Waals surface area (Å²) in [4.78, 5) is 4.74. The molecule has 0 spiro atoms. The zero-order valence-corrected chi connectivity index (χ0v) is 23.2. The molecule has 6 aromatic carbocycles. The van der Waals surface area contributed by atoms with Gasteiger partial charge in [-0.15, -0.1) is 11.3 Å². The first-order valence-corrected chi connectivity index (χ1v) is 14.7. The number of fused-ring (bicyclic) bond motifs is 6. The van der Waals surface area contributed by atoms with Gasteiger partial charge in [0.1, 0.15) is 0 Å². The Labute approximate surface area is 242 Å². The SMILES string of the molecule is C(=NCc1ccccc1)c1cccc(-n2c3ccc(-c4ccccc4)cc3c3cc4sc5ccccc5c4cc32)c1. The molecule has 8 aromatic rings. The van der Waals surface area contributed by atoms with Gasteiger partial charge in [0.15, 0.2) is 0 Å². The van der Waals surface area contributed by atoms with Crippen LogP contribution in [0.4, 0.5) is 0 Å². The Morgan fingerprint density at radius 2 is 1.32 bits per heavy atom. The van der Waals surface area contributed by atoms with Crippen LogP contribution in [0.3, 0.4) is 0 Å². The molecule has 2 heterocycles. The third-order valence-corrected chi connectivity index (χ3v) is 8.99. The first-order chi connectivity index (χ1) is 20.3. The molecular formula is C38H26N2S. The minimum atomic E-state index is 0.673. The third-order valence-electron chi connectivity index (χ3n) is 7.86. The highest BCUT2D eigenvalue weighted by molar-refractivity contribution is 7.25. The average molecular weight is 543 g/mol. The predicted molar refractivity (Wildman–Crippen MR) is 177 cm³/mol. The number of thiophene rings is 1. The smallest absolute Gasteiger partial charge is 0.0639 e. The van der Waals surface area contributed by atoms with E-state index >= 15 is 0 Å².